The first-order valence-corrected chi connectivity index (χ1v) is 6.94. The SMILES string of the molecule is CCNC(=O)CCN1CC(CC(=O)O)c2ccccc21. The Morgan fingerprint density at radius 3 is 2.85 bits per heavy atom. The molecule has 0 saturated carbocycles. The van der Waals surface area contributed by atoms with Gasteiger partial charge in [0.1, 0.15) is 0 Å². The van der Waals surface area contributed by atoms with E-state index in [0.717, 1.165) is 11.3 Å². The van der Waals surface area contributed by atoms with E-state index in [1.54, 1.807) is 0 Å². The van der Waals surface area contributed by atoms with Gasteiger partial charge in [-0.2, -0.15) is 0 Å². The van der Waals surface area contributed by atoms with Crippen LogP contribution in [0.25, 0.3) is 0 Å². The minimum Gasteiger partial charge on any atom is -0.481 e. The Morgan fingerprint density at radius 1 is 1.40 bits per heavy atom. The van der Waals surface area contributed by atoms with E-state index >= 15 is 0 Å². The number of carboxylic acid groups (broad SMARTS) is 1. The number of rotatable bonds is 6. The molecule has 0 spiro atoms. The van der Waals surface area contributed by atoms with Crippen LogP contribution in [0.2, 0.25) is 0 Å². The van der Waals surface area contributed by atoms with Crippen molar-refractivity contribution in [2.75, 3.05) is 24.5 Å². The maximum absolute atomic E-state index is 11.5. The van der Waals surface area contributed by atoms with Gasteiger partial charge in [-0.1, -0.05) is 18.2 Å². The van der Waals surface area contributed by atoms with E-state index < -0.39 is 5.97 Å². The molecule has 0 aromatic heterocycles. The molecule has 0 bridgehead atoms. The Kier molecular flexibility index (Phi) is 4.61. The number of aliphatic carboxylic acids is 1. The molecule has 20 heavy (non-hydrogen) atoms. The third-order valence-electron chi connectivity index (χ3n) is 3.56. The summed E-state index contributed by atoms with van der Waals surface area (Å²) in [6.07, 6.45) is 0.566. The summed E-state index contributed by atoms with van der Waals surface area (Å²) in [5, 5.41) is 11.8. The molecule has 5 heteroatoms. The molecule has 1 aromatic rings. The number of anilines is 1. The van der Waals surface area contributed by atoms with Gasteiger partial charge in [0.05, 0.1) is 6.42 Å². The average molecular weight is 276 g/mol. The van der Waals surface area contributed by atoms with E-state index in [0.29, 0.717) is 26.1 Å². The van der Waals surface area contributed by atoms with E-state index in [4.69, 9.17) is 5.11 Å². The van der Waals surface area contributed by atoms with Crippen LogP contribution >= 0.6 is 0 Å². The second-order valence-corrected chi connectivity index (χ2v) is 5.00. The standard InChI is InChI=1S/C15H20N2O3/c1-2-16-14(18)7-8-17-10-11(9-15(19)20)12-5-3-4-6-13(12)17/h3-6,11H,2,7-10H2,1H3,(H,16,18)(H,19,20). The van der Waals surface area contributed by atoms with Gasteiger partial charge < -0.3 is 15.3 Å². The summed E-state index contributed by atoms with van der Waals surface area (Å²) in [5.41, 5.74) is 2.13. The Hall–Kier alpha value is -2.04. The molecule has 0 saturated heterocycles. The van der Waals surface area contributed by atoms with Crippen LogP contribution in [0.4, 0.5) is 5.69 Å². The fourth-order valence-corrected chi connectivity index (χ4v) is 2.70. The zero-order valence-electron chi connectivity index (χ0n) is 11.6. The van der Waals surface area contributed by atoms with Crippen LogP contribution in [0.3, 0.4) is 0 Å². The summed E-state index contributed by atoms with van der Waals surface area (Å²) < 4.78 is 0. The highest BCUT2D eigenvalue weighted by atomic mass is 16.4. The second kappa shape index (κ2) is 6.41. The van der Waals surface area contributed by atoms with Crippen molar-refractivity contribution in [3.05, 3.63) is 29.8 Å². The summed E-state index contributed by atoms with van der Waals surface area (Å²) in [6.45, 7) is 3.83. The lowest BCUT2D eigenvalue weighted by Gasteiger charge is -2.19. The van der Waals surface area contributed by atoms with Crippen molar-refractivity contribution >= 4 is 17.6 Å². The zero-order valence-corrected chi connectivity index (χ0v) is 11.6. The summed E-state index contributed by atoms with van der Waals surface area (Å²) in [5.74, 6) is -0.736. The molecule has 1 atom stereocenters. The zero-order chi connectivity index (χ0) is 14.5. The van der Waals surface area contributed by atoms with Gasteiger partial charge in [-0.3, -0.25) is 9.59 Å². The third-order valence-corrected chi connectivity index (χ3v) is 3.56. The molecule has 0 radical (unpaired) electrons. The number of nitrogens with one attached hydrogen (secondary N) is 1. The van der Waals surface area contributed by atoms with Crippen molar-refractivity contribution in [2.24, 2.45) is 0 Å². The molecule has 1 aliphatic rings. The van der Waals surface area contributed by atoms with E-state index in [1.807, 2.05) is 31.2 Å². The van der Waals surface area contributed by atoms with Crippen LogP contribution in [0.1, 0.15) is 31.2 Å². The van der Waals surface area contributed by atoms with Crippen LogP contribution < -0.4 is 10.2 Å². The number of para-hydroxylation sites is 1. The van der Waals surface area contributed by atoms with Crippen molar-refractivity contribution in [2.45, 2.75) is 25.7 Å². The minimum absolute atomic E-state index is 0.0120. The summed E-state index contributed by atoms with van der Waals surface area (Å²) in [7, 11) is 0. The number of fused-ring (bicyclic) bond motifs is 1. The average Bonchev–Trinajstić information content (AvgIpc) is 2.75. The molecule has 1 unspecified atom stereocenters. The van der Waals surface area contributed by atoms with E-state index in [-0.39, 0.29) is 18.2 Å². The van der Waals surface area contributed by atoms with Crippen LogP contribution in [0, 0.1) is 0 Å². The number of hydrogen-bond donors (Lipinski definition) is 2. The Morgan fingerprint density at radius 2 is 2.15 bits per heavy atom. The monoisotopic (exact) mass is 276 g/mol. The third kappa shape index (κ3) is 3.29. The van der Waals surface area contributed by atoms with E-state index in [1.165, 1.54) is 0 Å². The van der Waals surface area contributed by atoms with Crippen molar-refractivity contribution in [1.82, 2.24) is 5.32 Å². The first-order chi connectivity index (χ1) is 9.61. The molecule has 2 N–H and O–H groups in total. The molecule has 0 fully saturated rings. The predicted octanol–water partition coefficient (Wildman–Crippen LogP) is 1.59. The molecule has 1 heterocycles. The summed E-state index contributed by atoms with van der Waals surface area (Å²) >= 11 is 0. The number of benzene rings is 1. The Bertz CT molecular complexity index is 502. The van der Waals surface area contributed by atoms with Gasteiger partial charge in [0, 0.05) is 37.7 Å². The van der Waals surface area contributed by atoms with E-state index in [2.05, 4.69) is 10.2 Å². The minimum atomic E-state index is -0.782. The fraction of sp³-hybridized carbons (Fsp3) is 0.467. The molecule has 1 aliphatic heterocycles. The van der Waals surface area contributed by atoms with Crippen molar-refractivity contribution in [3.8, 4) is 0 Å². The van der Waals surface area contributed by atoms with Crippen LogP contribution in [0.5, 0.6) is 0 Å². The number of nitrogens with zero attached hydrogens (tertiary/aromatic N) is 1. The summed E-state index contributed by atoms with van der Waals surface area (Å²) in [4.78, 5) is 24.6. The van der Waals surface area contributed by atoms with Gasteiger partial charge in [0.15, 0.2) is 0 Å². The van der Waals surface area contributed by atoms with Gasteiger partial charge in [-0.05, 0) is 18.6 Å². The lowest BCUT2D eigenvalue weighted by Crippen LogP contribution is -2.30. The Labute approximate surface area is 118 Å². The maximum Gasteiger partial charge on any atom is 0.304 e. The molecule has 2 rings (SSSR count). The molecular weight excluding hydrogens is 256 g/mol. The van der Waals surface area contributed by atoms with Crippen molar-refractivity contribution < 1.29 is 14.7 Å². The van der Waals surface area contributed by atoms with Crippen LogP contribution in [-0.2, 0) is 9.59 Å². The van der Waals surface area contributed by atoms with Crippen molar-refractivity contribution in [3.63, 3.8) is 0 Å². The molecular formula is C15H20N2O3. The molecule has 5 nitrogen and oxygen atoms in total. The van der Waals surface area contributed by atoms with Crippen LogP contribution in [-0.4, -0.2) is 36.6 Å². The van der Waals surface area contributed by atoms with Crippen LogP contribution in [0.15, 0.2) is 24.3 Å². The number of carbonyl (C=O) groups excluding carboxylic acids is 1. The van der Waals surface area contributed by atoms with Gasteiger partial charge >= 0.3 is 5.97 Å². The van der Waals surface area contributed by atoms with E-state index in [9.17, 15) is 9.59 Å². The number of hydrogen-bond acceptors (Lipinski definition) is 3. The quantitative estimate of drug-likeness (QED) is 0.828. The predicted molar refractivity (Wildman–Crippen MR) is 76.9 cm³/mol. The van der Waals surface area contributed by atoms with Gasteiger partial charge in [-0.25, -0.2) is 0 Å². The lowest BCUT2D eigenvalue weighted by atomic mass is 9.98. The molecule has 1 aromatic carbocycles. The lowest BCUT2D eigenvalue weighted by molar-refractivity contribution is -0.137. The number of carbonyl (C=O) groups is 2. The fourth-order valence-electron chi connectivity index (χ4n) is 2.70. The highest BCUT2D eigenvalue weighted by Gasteiger charge is 2.29. The van der Waals surface area contributed by atoms with Gasteiger partial charge in [0.25, 0.3) is 0 Å². The first-order valence-electron chi connectivity index (χ1n) is 6.94. The summed E-state index contributed by atoms with van der Waals surface area (Å²) in [6, 6.07) is 7.85. The highest BCUT2D eigenvalue weighted by Crippen LogP contribution is 2.37. The maximum atomic E-state index is 11.5. The van der Waals surface area contributed by atoms with Gasteiger partial charge in [0.2, 0.25) is 5.91 Å². The highest BCUT2D eigenvalue weighted by molar-refractivity contribution is 5.77. The first kappa shape index (κ1) is 14.4. The number of amides is 1. The largest absolute Gasteiger partial charge is 0.481 e. The number of carboxylic acids is 1. The normalized spacial score (nSPS) is 16.9. The Balaban J connectivity index is 2.05. The molecule has 108 valence electrons. The molecule has 1 amide bonds. The second-order valence-electron chi connectivity index (χ2n) is 5.00. The van der Waals surface area contributed by atoms with Gasteiger partial charge in [-0.15, -0.1) is 0 Å². The molecule has 0 aliphatic carbocycles. The van der Waals surface area contributed by atoms with Crippen molar-refractivity contribution in [1.29, 1.82) is 0 Å². The topological polar surface area (TPSA) is 69.6 Å². The smallest absolute Gasteiger partial charge is 0.304 e.